The van der Waals surface area contributed by atoms with Crippen LogP contribution in [0.2, 0.25) is 0 Å². The van der Waals surface area contributed by atoms with Crippen molar-refractivity contribution in [2.45, 2.75) is 49.7 Å². The maximum absolute atomic E-state index is 12.5. The number of nitrogens with two attached hydrogens (primary N) is 1. The van der Waals surface area contributed by atoms with Gasteiger partial charge in [0.2, 0.25) is 0 Å². The maximum atomic E-state index is 12.5. The summed E-state index contributed by atoms with van der Waals surface area (Å²) < 4.78 is 29.5. The van der Waals surface area contributed by atoms with Crippen molar-refractivity contribution in [3.05, 3.63) is 12.0 Å². The van der Waals surface area contributed by atoms with Crippen LogP contribution < -0.4 is 10.5 Å². The van der Waals surface area contributed by atoms with Gasteiger partial charge in [0.25, 0.3) is 10.0 Å². The third kappa shape index (κ3) is 2.72. The minimum Gasteiger partial charge on any atom is -0.330 e. The Hall–Kier alpha value is -0.630. The van der Waals surface area contributed by atoms with E-state index in [2.05, 4.69) is 9.71 Å². The van der Waals surface area contributed by atoms with Crippen LogP contribution in [0.3, 0.4) is 0 Å². The van der Waals surface area contributed by atoms with Gasteiger partial charge in [0.05, 0.1) is 6.20 Å². The molecular formula is C12H21ClN4O2S. The smallest absolute Gasteiger partial charge is 0.258 e. The highest BCUT2D eigenvalue weighted by atomic mass is 35.5. The molecule has 2 unspecified atom stereocenters. The van der Waals surface area contributed by atoms with Crippen LogP contribution in [0, 0.1) is 5.92 Å². The second-order valence-corrected chi connectivity index (χ2v) is 7.08. The number of imidazole rings is 1. The molecular weight excluding hydrogens is 300 g/mol. The zero-order chi connectivity index (χ0) is 13.5. The summed E-state index contributed by atoms with van der Waals surface area (Å²) in [6.45, 7) is 1.29. The molecule has 3 rings (SSSR count). The van der Waals surface area contributed by atoms with E-state index in [1.54, 1.807) is 0 Å². The lowest BCUT2D eigenvalue weighted by molar-refractivity contribution is 0.450. The first-order valence-corrected chi connectivity index (χ1v) is 8.37. The summed E-state index contributed by atoms with van der Waals surface area (Å²) in [6, 6.07) is -0.0254. The number of aromatic nitrogens is 2. The summed E-state index contributed by atoms with van der Waals surface area (Å²) in [5.41, 5.74) is 5.70. The van der Waals surface area contributed by atoms with Gasteiger partial charge in [-0.2, -0.15) is 0 Å². The van der Waals surface area contributed by atoms with E-state index in [0.29, 0.717) is 11.6 Å². The first-order valence-electron chi connectivity index (χ1n) is 6.88. The van der Waals surface area contributed by atoms with Crippen molar-refractivity contribution >= 4 is 22.4 Å². The maximum Gasteiger partial charge on any atom is 0.258 e. The third-order valence-corrected chi connectivity index (χ3v) is 5.72. The van der Waals surface area contributed by atoms with Crippen molar-refractivity contribution in [3.8, 4) is 0 Å². The largest absolute Gasteiger partial charge is 0.330 e. The van der Waals surface area contributed by atoms with Crippen LogP contribution in [-0.4, -0.2) is 30.6 Å². The number of aryl methyl sites for hydroxylation is 1. The van der Waals surface area contributed by atoms with Gasteiger partial charge in [-0.05, 0) is 31.7 Å². The molecule has 1 aliphatic carbocycles. The van der Waals surface area contributed by atoms with Crippen LogP contribution in [0.5, 0.6) is 0 Å². The lowest BCUT2D eigenvalue weighted by atomic mass is 10.1. The van der Waals surface area contributed by atoms with Gasteiger partial charge in [0.15, 0.2) is 5.03 Å². The summed E-state index contributed by atoms with van der Waals surface area (Å²) in [5.74, 6) is 1.14. The molecule has 0 aromatic carbocycles. The molecule has 0 bridgehead atoms. The SMILES string of the molecule is Cl.NCC1CCCC1NS(=O)(=O)c1cnc2n1CCC2. The Bertz CT molecular complexity index is 572. The Morgan fingerprint density at radius 3 is 2.95 bits per heavy atom. The Balaban J connectivity index is 0.00000147. The average molecular weight is 321 g/mol. The molecule has 2 atom stereocenters. The van der Waals surface area contributed by atoms with Gasteiger partial charge in [0, 0.05) is 19.0 Å². The van der Waals surface area contributed by atoms with Crippen molar-refractivity contribution in [1.82, 2.24) is 14.3 Å². The fourth-order valence-electron chi connectivity index (χ4n) is 3.18. The standard InChI is InChI=1S/C12H20N4O2S.ClH/c13-7-9-3-1-4-10(9)15-19(17,18)12-8-14-11-5-2-6-16(11)12;/h8-10,15H,1-7,13H2;1H. The zero-order valence-electron chi connectivity index (χ0n) is 11.3. The van der Waals surface area contributed by atoms with Crippen LogP contribution in [-0.2, 0) is 23.0 Å². The molecule has 3 N–H and O–H groups in total. The van der Waals surface area contributed by atoms with Gasteiger partial charge >= 0.3 is 0 Å². The van der Waals surface area contributed by atoms with Gasteiger partial charge in [-0.25, -0.2) is 18.1 Å². The Morgan fingerprint density at radius 1 is 1.40 bits per heavy atom. The van der Waals surface area contributed by atoms with E-state index in [1.165, 1.54) is 6.20 Å². The molecule has 1 aromatic heterocycles. The molecule has 114 valence electrons. The van der Waals surface area contributed by atoms with E-state index in [-0.39, 0.29) is 24.4 Å². The molecule has 1 fully saturated rings. The van der Waals surface area contributed by atoms with Crippen molar-refractivity contribution in [2.75, 3.05) is 6.54 Å². The average Bonchev–Trinajstić information content (AvgIpc) is 3.01. The molecule has 1 aliphatic heterocycles. The summed E-state index contributed by atoms with van der Waals surface area (Å²) in [4.78, 5) is 4.20. The summed E-state index contributed by atoms with van der Waals surface area (Å²) in [6.07, 6.45) is 6.24. The summed E-state index contributed by atoms with van der Waals surface area (Å²) in [7, 11) is -3.47. The van der Waals surface area contributed by atoms with E-state index >= 15 is 0 Å². The van der Waals surface area contributed by atoms with Crippen molar-refractivity contribution in [3.63, 3.8) is 0 Å². The predicted molar refractivity (Wildman–Crippen MR) is 78.3 cm³/mol. The Kier molecular flexibility index (Phi) is 4.73. The summed E-state index contributed by atoms with van der Waals surface area (Å²) >= 11 is 0. The molecule has 8 heteroatoms. The van der Waals surface area contributed by atoms with Crippen molar-refractivity contribution in [2.24, 2.45) is 11.7 Å². The first kappa shape index (κ1) is 15.8. The quantitative estimate of drug-likeness (QED) is 0.852. The zero-order valence-corrected chi connectivity index (χ0v) is 12.9. The number of sulfonamides is 1. The minimum atomic E-state index is -3.47. The van der Waals surface area contributed by atoms with Gasteiger partial charge in [-0.1, -0.05) is 6.42 Å². The molecule has 0 amide bonds. The van der Waals surface area contributed by atoms with E-state index in [0.717, 1.165) is 44.5 Å². The van der Waals surface area contributed by atoms with Crippen LogP contribution in [0.25, 0.3) is 0 Å². The molecule has 2 aliphatic rings. The van der Waals surface area contributed by atoms with Crippen LogP contribution in [0.4, 0.5) is 0 Å². The van der Waals surface area contributed by atoms with E-state index in [9.17, 15) is 8.42 Å². The number of hydrogen-bond acceptors (Lipinski definition) is 4. The second-order valence-electron chi connectivity index (χ2n) is 5.42. The topological polar surface area (TPSA) is 90.0 Å². The molecule has 2 heterocycles. The fourth-order valence-corrected chi connectivity index (χ4v) is 4.69. The lowest BCUT2D eigenvalue weighted by Gasteiger charge is -2.19. The number of nitrogens with zero attached hydrogens (tertiary/aromatic N) is 2. The van der Waals surface area contributed by atoms with Gasteiger partial charge in [-0.15, -0.1) is 12.4 Å². The second kappa shape index (κ2) is 6.01. The highest BCUT2D eigenvalue weighted by Gasteiger charge is 2.32. The minimum absolute atomic E-state index is 0. The van der Waals surface area contributed by atoms with Crippen molar-refractivity contribution in [1.29, 1.82) is 0 Å². The van der Waals surface area contributed by atoms with Gasteiger partial charge in [-0.3, -0.25) is 0 Å². The normalized spacial score (nSPS) is 25.4. The van der Waals surface area contributed by atoms with Crippen LogP contribution >= 0.6 is 12.4 Å². The van der Waals surface area contributed by atoms with Crippen molar-refractivity contribution < 1.29 is 8.42 Å². The molecule has 1 aromatic rings. The molecule has 20 heavy (non-hydrogen) atoms. The van der Waals surface area contributed by atoms with Gasteiger partial charge in [0.1, 0.15) is 5.82 Å². The highest BCUT2D eigenvalue weighted by molar-refractivity contribution is 7.89. The Morgan fingerprint density at radius 2 is 2.20 bits per heavy atom. The number of fused-ring (bicyclic) bond motifs is 1. The number of nitrogens with one attached hydrogen (secondary N) is 1. The first-order chi connectivity index (χ1) is 9.12. The van der Waals surface area contributed by atoms with Crippen LogP contribution in [0.15, 0.2) is 11.2 Å². The third-order valence-electron chi connectivity index (χ3n) is 4.23. The molecule has 0 spiro atoms. The van der Waals surface area contributed by atoms with E-state index < -0.39 is 10.0 Å². The molecule has 6 nitrogen and oxygen atoms in total. The molecule has 0 radical (unpaired) electrons. The monoisotopic (exact) mass is 320 g/mol. The molecule has 1 saturated carbocycles. The van der Waals surface area contributed by atoms with E-state index in [1.807, 2.05) is 4.57 Å². The number of rotatable bonds is 4. The number of halogens is 1. The van der Waals surface area contributed by atoms with Crippen LogP contribution in [0.1, 0.15) is 31.5 Å². The Labute approximate surface area is 125 Å². The number of hydrogen-bond donors (Lipinski definition) is 2. The fraction of sp³-hybridized carbons (Fsp3) is 0.750. The summed E-state index contributed by atoms with van der Waals surface area (Å²) in [5, 5.41) is 0.308. The highest BCUT2D eigenvalue weighted by Crippen LogP contribution is 2.27. The van der Waals surface area contributed by atoms with Gasteiger partial charge < -0.3 is 10.3 Å². The predicted octanol–water partition coefficient (Wildman–Crippen LogP) is 0.657. The lowest BCUT2D eigenvalue weighted by Crippen LogP contribution is -2.40. The van der Waals surface area contributed by atoms with E-state index in [4.69, 9.17) is 5.73 Å². The molecule has 0 saturated heterocycles.